The van der Waals surface area contributed by atoms with Crippen molar-refractivity contribution in [1.82, 2.24) is 0 Å². The molecule has 1 aromatic carbocycles. The van der Waals surface area contributed by atoms with Crippen LogP contribution in [0.4, 0.5) is 5.69 Å². The topological polar surface area (TPSA) is 78.9 Å². The Morgan fingerprint density at radius 2 is 1.94 bits per heavy atom. The predicted molar refractivity (Wildman–Crippen MR) is 63.0 cm³/mol. The minimum Gasteiger partial charge on any atom is -0.365 e. The number of anilines is 1. The van der Waals surface area contributed by atoms with E-state index < -0.39 is 5.91 Å². The molecule has 0 aliphatic carbocycles. The van der Waals surface area contributed by atoms with E-state index in [1.54, 1.807) is 24.3 Å². The lowest BCUT2D eigenvalue weighted by Gasteiger charge is -2.02. The molecule has 0 bridgehead atoms. The van der Waals surface area contributed by atoms with Gasteiger partial charge in [0.15, 0.2) is 0 Å². The van der Waals surface area contributed by atoms with Crippen molar-refractivity contribution in [1.29, 1.82) is 5.26 Å². The van der Waals surface area contributed by atoms with Gasteiger partial charge in [-0.15, -0.1) is 0 Å². The summed E-state index contributed by atoms with van der Waals surface area (Å²) in [6, 6.07) is 6.42. The minimum absolute atomic E-state index is 0.184. The Balaban J connectivity index is 2.90. The summed E-state index contributed by atoms with van der Waals surface area (Å²) < 4.78 is 0. The average molecular weight is 256 g/mol. The van der Waals surface area contributed by atoms with E-state index in [1.807, 2.05) is 0 Å². The number of primary amides is 1. The van der Waals surface area contributed by atoms with Crippen LogP contribution in [0.1, 0.15) is 0 Å². The summed E-state index contributed by atoms with van der Waals surface area (Å²) in [5.74, 6) is -0.803. The molecule has 1 amide bonds. The predicted octanol–water partition coefficient (Wildman–Crippen LogP) is 2.30. The molecule has 3 N–H and O–H groups in total. The molecule has 0 heterocycles. The molecular formula is C10H7Cl2N3O. The second-order valence-corrected chi connectivity index (χ2v) is 3.71. The number of nitrogens with one attached hydrogen (secondary N) is 1. The highest BCUT2D eigenvalue weighted by Gasteiger charge is 2.02. The highest BCUT2D eigenvalue weighted by atomic mass is 35.5. The lowest BCUT2D eigenvalue weighted by atomic mass is 10.3. The molecule has 0 saturated heterocycles. The number of halogens is 2. The highest BCUT2D eigenvalue weighted by molar-refractivity contribution is 6.35. The van der Waals surface area contributed by atoms with Gasteiger partial charge in [0.1, 0.15) is 11.6 Å². The maximum absolute atomic E-state index is 10.7. The van der Waals surface area contributed by atoms with Crippen LogP contribution in [-0.4, -0.2) is 5.91 Å². The molecule has 0 saturated carbocycles. The Bertz CT molecular complexity index is 471. The fourth-order valence-electron chi connectivity index (χ4n) is 0.951. The summed E-state index contributed by atoms with van der Waals surface area (Å²) in [5.41, 5.74) is 5.33. The third-order valence-corrected chi connectivity index (χ3v) is 2.07. The van der Waals surface area contributed by atoms with Crippen molar-refractivity contribution in [2.24, 2.45) is 5.73 Å². The zero-order valence-electron chi connectivity index (χ0n) is 8.00. The van der Waals surface area contributed by atoms with Crippen LogP contribution in [-0.2, 0) is 4.79 Å². The number of benzene rings is 1. The van der Waals surface area contributed by atoms with Gasteiger partial charge in [0.2, 0.25) is 0 Å². The molecular weight excluding hydrogens is 249 g/mol. The molecule has 0 radical (unpaired) electrons. The number of hydrogen-bond donors (Lipinski definition) is 2. The van der Waals surface area contributed by atoms with Crippen molar-refractivity contribution >= 4 is 34.8 Å². The van der Waals surface area contributed by atoms with E-state index >= 15 is 0 Å². The fourth-order valence-corrected chi connectivity index (χ4v) is 1.48. The van der Waals surface area contributed by atoms with Gasteiger partial charge >= 0.3 is 0 Å². The molecule has 0 unspecified atom stereocenters. The van der Waals surface area contributed by atoms with Crippen LogP contribution >= 0.6 is 23.2 Å². The second kappa shape index (κ2) is 5.40. The molecule has 0 atom stereocenters. The van der Waals surface area contributed by atoms with Gasteiger partial charge in [-0.3, -0.25) is 4.79 Å². The summed E-state index contributed by atoms with van der Waals surface area (Å²) in [5, 5.41) is 12.2. The van der Waals surface area contributed by atoms with E-state index in [1.165, 1.54) is 6.20 Å². The monoisotopic (exact) mass is 255 g/mol. The van der Waals surface area contributed by atoms with Gasteiger partial charge < -0.3 is 11.1 Å². The van der Waals surface area contributed by atoms with Gasteiger partial charge in [0.05, 0.1) is 0 Å². The Morgan fingerprint density at radius 1 is 1.38 bits per heavy atom. The lowest BCUT2D eigenvalue weighted by molar-refractivity contribution is -0.114. The molecule has 0 spiro atoms. The Morgan fingerprint density at radius 3 is 2.38 bits per heavy atom. The maximum atomic E-state index is 10.7. The SMILES string of the molecule is N#C/C(=C\Nc1cc(Cl)cc(Cl)c1)C(N)=O. The van der Waals surface area contributed by atoms with Crippen LogP contribution in [0, 0.1) is 11.3 Å². The smallest absolute Gasteiger partial charge is 0.260 e. The van der Waals surface area contributed by atoms with Crippen molar-refractivity contribution in [3.05, 3.63) is 40.0 Å². The van der Waals surface area contributed by atoms with E-state index in [4.69, 9.17) is 34.2 Å². The highest BCUT2D eigenvalue weighted by Crippen LogP contribution is 2.22. The van der Waals surface area contributed by atoms with Gasteiger partial charge in [0, 0.05) is 21.9 Å². The van der Waals surface area contributed by atoms with Crippen LogP contribution < -0.4 is 11.1 Å². The molecule has 6 heteroatoms. The fraction of sp³-hybridized carbons (Fsp3) is 0. The number of hydrogen-bond acceptors (Lipinski definition) is 3. The molecule has 0 aliphatic heterocycles. The molecule has 16 heavy (non-hydrogen) atoms. The first-order chi connectivity index (χ1) is 7.52. The third kappa shape index (κ3) is 3.46. The third-order valence-electron chi connectivity index (χ3n) is 1.63. The van der Waals surface area contributed by atoms with Crippen LogP contribution in [0.25, 0.3) is 0 Å². The van der Waals surface area contributed by atoms with Crippen molar-refractivity contribution in [3.8, 4) is 6.07 Å². The summed E-state index contributed by atoms with van der Waals surface area (Å²) >= 11 is 11.5. The van der Waals surface area contributed by atoms with E-state index in [2.05, 4.69) is 5.32 Å². The zero-order chi connectivity index (χ0) is 12.1. The van der Waals surface area contributed by atoms with Crippen LogP contribution in [0.5, 0.6) is 0 Å². The number of nitrogens with two attached hydrogens (primary N) is 1. The summed E-state index contributed by atoms with van der Waals surface area (Å²) in [6.07, 6.45) is 1.20. The number of amides is 1. The number of rotatable bonds is 3. The molecule has 82 valence electrons. The van der Waals surface area contributed by atoms with Crippen molar-refractivity contribution in [2.75, 3.05) is 5.32 Å². The number of carbonyl (C=O) groups excluding carboxylic acids is 1. The van der Waals surface area contributed by atoms with E-state index in [9.17, 15) is 4.79 Å². The van der Waals surface area contributed by atoms with Crippen LogP contribution in [0.2, 0.25) is 10.0 Å². The first-order valence-electron chi connectivity index (χ1n) is 4.15. The normalized spacial score (nSPS) is 10.7. The molecule has 1 rings (SSSR count). The van der Waals surface area contributed by atoms with Gasteiger partial charge in [-0.05, 0) is 18.2 Å². The Hall–Kier alpha value is -1.70. The standard InChI is InChI=1S/C10H7Cl2N3O/c11-7-1-8(12)3-9(2-7)15-5-6(4-13)10(14)16/h1-3,5,15H,(H2,14,16)/b6-5+. The second-order valence-electron chi connectivity index (χ2n) is 2.84. The molecule has 0 fully saturated rings. The summed E-state index contributed by atoms with van der Waals surface area (Å²) in [4.78, 5) is 10.7. The number of nitrogens with zero attached hydrogens (tertiary/aromatic N) is 1. The van der Waals surface area contributed by atoms with Crippen molar-refractivity contribution in [2.45, 2.75) is 0 Å². The maximum Gasteiger partial charge on any atom is 0.260 e. The van der Waals surface area contributed by atoms with E-state index in [0.29, 0.717) is 15.7 Å². The largest absolute Gasteiger partial charge is 0.365 e. The first-order valence-corrected chi connectivity index (χ1v) is 4.91. The number of nitriles is 1. The summed E-state index contributed by atoms with van der Waals surface area (Å²) in [6.45, 7) is 0. The molecule has 1 aromatic rings. The first kappa shape index (κ1) is 12.4. The van der Waals surface area contributed by atoms with Gasteiger partial charge in [-0.1, -0.05) is 23.2 Å². The van der Waals surface area contributed by atoms with Gasteiger partial charge in [-0.25, -0.2) is 0 Å². The molecule has 4 nitrogen and oxygen atoms in total. The van der Waals surface area contributed by atoms with Gasteiger partial charge in [-0.2, -0.15) is 5.26 Å². The minimum atomic E-state index is -0.803. The van der Waals surface area contributed by atoms with Gasteiger partial charge in [0.25, 0.3) is 5.91 Å². The van der Waals surface area contributed by atoms with E-state index in [0.717, 1.165) is 0 Å². The summed E-state index contributed by atoms with van der Waals surface area (Å²) in [7, 11) is 0. The van der Waals surface area contributed by atoms with Crippen LogP contribution in [0.15, 0.2) is 30.0 Å². The van der Waals surface area contributed by atoms with Crippen molar-refractivity contribution < 1.29 is 4.79 Å². The quantitative estimate of drug-likeness (QED) is 0.643. The van der Waals surface area contributed by atoms with E-state index in [-0.39, 0.29) is 5.57 Å². The zero-order valence-corrected chi connectivity index (χ0v) is 9.51. The average Bonchev–Trinajstić information content (AvgIpc) is 2.16. The molecule has 0 aromatic heterocycles. The van der Waals surface area contributed by atoms with Crippen LogP contribution in [0.3, 0.4) is 0 Å². The Labute approximate surface area is 102 Å². The van der Waals surface area contributed by atoms with Crippen molar-refractivity contribution in [3.63, 3.8) is 0 Å². The molecule has 0 aliphatic rings. The number of carbonyl (C=O) groups is 1. The lowest BCUT2D eigenvalue weighted by Crippen LogP contribution is -2.13. The Kier molecular flexibility index (Phi) is 4.18.